The molecular weight excluding hydrogens is 212 g/mol. The monoisotopic (exact) mass is 236 g/mol. The van der Waals surface area contributed by atoms with Gasteiger partial charge in [0, 0.05) is 18.7 Å². The molecular formula is C14H24N2O. The number of rotatable bonds is 7. The fraction of sp³-hybridized carbons (Fsp3) is 0.643. The molecule has 3 nitrogen and oxygen atoms in total. The van der Waals surface area contributed by atoms with E-state index in [0.717, 1.165) is 18.2 Å². The van der Waals surface area contributed by atoms with Crippen LogP contribution in [0, 0.1) is 5.92 Å². The minimum absolute atomic E-state index is 0.526. The van der Waals surface area contributed by atoms with Crippen molar-refractivity contribution < 1.29 is 4.74 Å². The largest absolute Gasteiger partial charge is 0.481 e. The second-order valence-electron chi connectivity index (χ2n) is 4.42. The molecule has 1 unspecified atom stereocenters. The number of pyridine rings is 1. The van der Waals surface area contributed by atoms with Crippen LogP contribution in [0.25, 0.3) is 0 Å². The number of nitrogens with zero attached hydrogens (tertiary/aromatic N) is 1. The highest BCUT2D eigenvalue weighted by atomic mass is 16.5. The Kier molecular flexibility index (Phi) is 5.98. The summed E-state index contributed by atoms with van der Waals surface area (Å²) in [6.07, 6.45) is 2.44. The zero-order chi connectivity index (χ0) is 12.7. The van der Waals surface area contributed by atoms with Gasteiger partial charge in [0.2, 0.25) is 5.88 Å². The molecule has 0 aliphatic rings. The lowest BCUT2D eigenvalue weighted by Gasteiger charge is -2.22. The molecule has 0 saturated carbocycles. The number of hydrogen-bond donors (Lipinski definition) is 1. The maximum Gasteiger partial charge on any atom is 0.213 e. The van der Waals surface area contributed by atoms with E-state index in [1.54, 1.807) is 7.11 Å². The van der Waals surface area contributed by atoms with Gasteiger partial charge >= 0.3 is 0 Å². The highest BCUT2D eigenvalue weighted by Crippen LogP contribution is 2.13. The molecule has 1 N–H and O–H groups in total. The van der Waals surface area contributed by atoms with Gasteiger partial charge in [0.25, 0.3) is 0 Å². The molecule has 1 aromatic rings. The molecule has 1 heterocycles. The Labute approximate surface area is 105 Å². The number of nitrogens with one attached hydrogen (secondary N) is 1. The maximum absolute atomic E-state index is 5.11. The van der Waals surface area contributed by atoms with Gasteiger partial charge in [-0.25, -0.2) is 4.98 Å². The van der Waals surface area contributed by atoms with Crippen LogP contribution in [0.3, 0.4) is 0 Å². The van der Waals surface area contributed by atoms with E-state index in [2.05, 4.69) is 31.1 Å². The summed E-state index contributed by atoms with van der Waals surface area (Å²) in [6, 6.07) is 6.39. The van der Waals surface area contributed by atoms with E-state index < -0.39 is 0 Å². The van der Waals surface area contributed by atoms with Crippen molar-refractivity contribution in [3.8, 4) is 5.88 Å². The lowest BCUT2D eigenvalue weighted by molar-refractivity contribution is 0.350. The number of aromatic nitrogens is 1. The van der Waals surface area contributed by atoms with Crippen molar-refractivity contribution >= 4 is 0 Å². The molecule has 0 aliphatic heterocycles. The molecule has 0 radical (unpaired) electrons. The predicted molar refractivity (Wildman–Crippen MR) is 71.2 cm³/mol. The molecule has 3 heteroatoms. The summed E-state index contributed by atoms with van der Waals surface area (Å²) in [6.45, 7) is 7.54. The van der Waals surface area contributed by atoms with E-state index in [4.69, 9.17) is 4.74 Å². The van der Waals surface area contributed by atoms with Crippen LogP contribution >= 0.6 is 0 Å². The van der Waals surface area contributed by atoms with Gasteiger partial charge in [0.1, 0.15) is 0 Å². The highest BCUT2D eigenvalue weighted by molar-refractivity contribution is 5.15. The summed E-state index contributed by atoms with van der Waals surface area (Å²) in [5.74, 6) is 1.42. The molecule has 0 saturated heterocycles. The summed E-state index contributed by atoms with van der Waals surface area (Å²) in [4.78, 5) is 4.39. The van der Waals surface area contributed by atoms with E-state index in [9.17, 15) is 0 Å². The average molecular weight is 236 g/mol. The Bertz CT molecular complexity index is 324. The molecule has 0 aliphatic carbocycles. The van der Waals surface area contributed by atoms with Crippen molar-refractivity contribution in [3.63, 3.8) is 0 Å². The van der Waals surface area contributed by atoms with E-state index >= 15 is 0 Å². The first kappa shape index (κ1) is 14.0. The second-order valence-corrected chi connectivity index (χ2v) is 4.42. The molecule has 0 aromatic carbocycles. The second kappa shape index (κ2) is 7.28. The maximum atomic E-state index is 5.11. The lowest BCUT2D eigenvalue weighted by Crippen LogP contribution is -2.32. The van der Waals surface area contributed by atoms with E-state index in [-0.39, 0.29) is 0 Å². The third kappa shape index (κ3) is 4.35. The Morgan fingerprint density at radius 1 is 1.29 bits per heavy atom. The van der Waals surface area contributed by atoms with Crippen molar-refractivity contribution in [2.45, 2.75) is 46.2 Å². The Hall–Kier alpha value is -1.09. The molecule has 96 valence electrons. The quantitative estimate of drug-likeness (QED) is 0.790. The minimum atomic E-state index is 0.526. The third-order valence-corrected chi connectivity index (χ3v) is 3.35. The molecule has 0 bridgehead atoms. The molecule has 17 heavy (non-hydrogen) atoms. The van der Waals surface area contributed by atoms with Gasteiger partial charge in [-0.3, -0.25) is 0 Å². The fourth-order valence-electron chi connectivity index (χ4n) is 2.10. The topological polar surface area (TPSA) is 34.1 Å². The van der Waals surface area contributed by atoms with Gasteiger partial charge in [0.15, 0.2) is 0 Å². The summed E-state index contributed by atoms with van der Waals surface area (Å²) >= 11 is 0. The Balaban J connectivity index is 2.49. The van der Waals surface area contributed by atoms with E-state index in [1.165, 1.54) is 12.8 Å². The molecule has 1 rings (SSSR count). The van der Waals surface area contributed by atoms with Crippen LogP contribution in [0.5, 0.6) is 5.88 Å². The minimum Gasteiger partial charge on any atom is -0.481 e. The van der Waals surface area contributed by atoms with Crippen LogP contribution in [-0.4, -0.2) is 18.1 Å². The molecule has 1 atom stereocenters. The average Bonchev–Trinajstić information content (AvgIpc) is 2.38. The fourth-order valence-corrected chi connectivity index (χ4v) is 2.10. The number of methoxy groups -OCH3 is 1. The number of ether oxygens (including phenoxy) is 1. The summed E-state index contributed by atoms with van der Waals surface area (Å²) in [5.41, 5.74) is 1.03. The van der Waals surface area contributed by atoms with Crippen molar-refractivity contribution in [1.29, 1.82) is 0 Å². The van der Waals surface area contributed by atoms with Crippen molar-refractivity contribution in [3.05, 3.63) is 23.9 Å². The molecule has 0 fully saturated rings. The Morgan fingerprint density at radius 3 is 2.59 bits per heavy atom. The standard InChI is InChI=1S/C14H24N2O/c1-5-12(6-2)11(3)15-10-13-8-7-9-14(16-13)17-4/h7-9,11-12,15H,5-6,10H2,1-4H3. The first-order chi connectivity index (χ1) is 8.21. The SMILES string of the molecule is CCC(CC)C(C)NCc1cccc(OC)n1. The first-order valence-corrected chi connectivity index (χ1v) is 6.44. The van der Waals surface area contributed by atoms with Crippen LogP contribution < -0.4 is 10.1 Å². The van der Waals surface area contributed by atoms with Crippen LogP contribution in [0.4, 0.5) is 0 Å². The zero-order valence-corrected chi connectivity index (χ0v) is 11.4. The molecule has 0 amide bonds. The normalized spacial score (nSPS) is 12.8. The Morgan fingerprint density at radius 2 is 2.00 bits per heavy atom. The van der Waals surface area contributed by atoms with Crippen molar-refractivity contribution in [1.82, 2.24) is 10.3 Å². The van der Waals surface area contributed by atoms with E-state index in [0.29, 0.717) is 11.9 Å². The van der Waals surface area contributed by atoms with E-state index in [1.807, 2.05) is 18.2 Å². The highest BCUT2D eigenvalue weighted by Gasteiger charge is 2.12. The number of hydrogen-bond acceptors (Lipinski definition) is 3. The van der Waals surface area contributed by atoms with Gasteiger partial charge in [0.05, 0.1) is 12.8 Å². The van der Waals surface area contributed by atoms with Gasteiger partial charge in [-0.1, -0.05) is 32.8 Å². The van der Waals surface area contributed by atoms with Crippen LogP contribution in [-0.2, 0) is 6.54 Å². The van der Waals surface area contributed by atoms with Gasteiger partial charge in [-0.15, -0.1) is 0 Å². The first-order valence-electron chi connectivity index (χ1n) is 6.44. The summed E-state index contributed by atoms with van der Waals surface area (Å²) in [5, 5.41) is 3.53. The zero-order valence-electron chi connectivity index (χ0n) is 11.4. The summed E-state index contributed by atoms with van der Waals surface area (Å²) < 4.78 is 5.11. The molecule has 0 spiro atoms. The smallest absolute Gasteiger partial charge is 0.213 e. The predicted octanol–water partition coefficient (Wildman–Crippen LogP) is 3.00. The summed E-state index contributed by atoms with van der Waals surface area (Å²) in [7, 11) is 1.65. The van der Waals surface area contributed by atoms with Crippen molar-refractivity contribution in [2.75, 3.05) is 7.11 Å². The van der Waals surface area contributed by atoms with Crippen LogP contribution in [0.1, 0.15) is 39.3 Å². The van der Waals surface area contributed by atoms with Gasteiger partial charge < -0.3 is 10.1 Å². The van der Waals surface area contributed by atoms with Crippen LogP contribution in [0.2, 0.25) is 0 Å². The lowest BCUT2D eigenvalue weighted by atomic mass is 9.95. The van der Waals surface area contributed by atoms with Crippen LogP contribution in [0.15, 0.2) is 18.2 Å². The molecule has 1 aromatic heterocycles. The third-order valence-electron chi connectivity index (χ3n) is 3.35. The van der Waals surface area contributed by atoms with Gasteiger partial charge in [-0.05, 0) is 18.9 Å². The van der Waals surface area contributed by atoms with Gasteiger partial charge in [-0.2, -0.15) is 0 Å². The van der Waals surface area contributed by atoms with Crippen molar-refractivity contribution in [2.24, 2.45) is 5.92 Å².